The third kappa shape index (κ3) is 4.27. The van der Waals surface area contributed by atoms with Gasteiger partial charge in [0.05, 0.1) is 24.1 Å². The standard InChI is InChI=1S/C15H18N3OSi/c1-12-8-18-14(11-17-12)10-16-9-13-6-4-5-7-15(13)19-20(2)3/h4-8,10-11H,9H2,1-3H3. The molecule has 1 heterocycles. The summed E-state index contributed by atoms with van der Waals surface area (Å²) >= 11 is 0. The molecular formula is C15H18N3OSi. The largest absolute Gasteiger partial charge is 0.542 e. The van der Waals surface area contributed by atoms with Crippen LogP contribution in [0.3, 0.4) is 0 Å². The van der Waals surface area contributed by atoms with Crippen LogP contribution in [0.5, 0.6) is 5.75 Å². The Bertz CT molecular complexity index is 582. The van der Waals surface area contributed by atoms with Crippen molar-refractivity contribution in [3.8, 4) is 5.75 Å². The van der Waals surface area contributed by atoms with Crippen LogP contribution < -0.4 is 4.43 Å². The maximum atomic E-state index is 5.86. The summed E-state index contributed by atoms with van der Waals surface area (Å²) in [5.74, 6) is 0.929. The molecule has 0 spiro atoms. The van der Waals surface area contributed by atoms with Gasteiger partial charge in [-0.2, -0.15) is 0 Å². The molecule has 0 fully saturated rings. The quantitative estimate of drug-likeness (QED) is 0.626. The molecule has 0 aliphatic rings. The molecule has 1 aromatic heterocycles. The van der Waals surface area contributed by atoms with Gasteiger partial charge < -0.3 is 4.43 Å². The lowest BCUT2D eigenvalue weighted by molar-refractivity contribution is 0.572. The number of rotatable bonds is 5. The third-order valence-electron chi connectivity index (χ3n) is 2.57. The van der Waals surface area contributed by atoms with Crippen LogP contribution in [-0.2, 0) is 6.54 Å². The summed E-state index contributed by atoms with van der Waals surface area (Å²) in [6.45, 7) is 6.73. The zero-order valence-electron chi connectivity index (χ0n) is 12.0. The zero-order valence-corrected chi connectivity index (χ0v) is 13.0. The van der Waals surface area contributed by atoms with Gasteiger partial charge in [-0.05, 0) is 26.1 Å². The molecule has 0 bridgehead atoms. The number of benzene rings is 1. The molecule has 0 unspecified atom stereocenters. The van der Waals surface area contributed by atoms with E-state index in [1.165, 1.54) is 0 Å². The van der Waals surface area contributed by atoms with Gasteiger partial charge in [-0.1, -0.05) is 18.2 Å². The topological polar surface area (TPSA) is 47.4 Å². The first-order valence-electron chi connectivity index (χ1n) is 6.49. The number of hydrogen-bond donors (Lipinski definition) is 0. The summed E-state index contributed by atoms with van der Waals surface area (Å²) in [6.07, 6.45) is 5.20. The van der Waals surface area contributed by atoms with Crippen LogP contribution in [0.15, 0.2) is 41.7 Å². The maximum Gasteiger partial charge on any atom is 0.274 e. The number of para-hydroxylation sites is 1. The Labute approximate surface area is 121 Å². The molecule has 5 heteroatoms. The molecule has 0 amide bonds. The molecular weight excluding hydrogens is 266 g/mol. The van der Waals surface area contributed by atoms with E-state index in [9.17, 15) is 0 Å². The van der Waals surface area contributed by atoms with Crippen molar-refractivity contribution in [3.05, 3.63) is 53.6 Å². The predicted molar refractivity (Wildman–Crippen MR) is 82.6 cm³/mol. The van der Waals surface area contributed by atoms with E-state index in [2.05, 4.69) is 28.1 Å². The fourth-order valence-corrected chi connectivity index (χ4v) is 2.30. The second kappa shape index (κ2) is 6.95. The van der Waals surface area contributed by atoms with E-state index in [1.807, 2.05) is 31.2 Å². The van der Waals surface area contributed by atoms with Crippen LogP contribution in [0.4, 0.5) is 0 Å². The Kier molecular flexibility index (Phi) is 5.01. The molecule has 0 N–H and O–H groups in total. The summed E-state index contributed by atoms with van der Waals surface area (Å²) in [7, 11) is -0.764. The highest BCUT2D eigenvalue weighted by atomic mass is 28.3. The van der Waals surface area contributed by atoms with Crippen LogP contribution >= 0.6 is 0 Å². The summed E-state index contributed by atoms with van der Waals surface area (Å²) in [4.78, 5) is 12.8. The third-order valence-corrected chi connectivity index (χ3v) is 3.20. The van der Waals surface area contributed by atoms with Gasteiger partial charge >= 0.3 is 0 Å². The van der Waals surface area contributed by atoms with Gasteiger partial charge in [0.15, 0.2) is 0 Å². The van der Waals surface area contributed by atoms with Crippen LogP contribution in [-0.4, -0.2) is 25.2 Å². The van der Waals surface area contributed by atoms with Crippen molar-refractivity contribution in [2.75, 3.05) is 0 Å². The number of aromatic nitrogens is 2. The van der Waals surface area contributed by atoms with Crippen molar-refractivity contribution < 1.29 is 4.43 Å². The lowest BCUT2D eigenvalue weighted by Crippen LogP contribution is -2.12. The van der Waals surface area contributed by atoms with E-state index in [-0.39, 0.29) is 0 Å². The van der Waals surface area contributed by atoms with E-state index in [0.29, 0.717) is 6.54 Å². The molecule has 4 nitrogen and oxygen atoms in total. The molecule has 0 saturated heterocycles. The first kappa shape index (κ1) is 14.4. The zero-order chi connectivity index (χ0) is 14.4. The summed E-state index contributed by atoms with van der Waals surface area (Å²) in [6, 6.07) is 8.02. The molecule has 0 aliphatic carbocycles. The second-order valence-corrected chi connectivity index (χ2v) is 6.69. The Morgan fingerprint density at radius 1 is 1.20 bits per heavy atom. The highest BCUT2D eigenvalue weighted by Crippen LogP contribution is 2.19. The fourth-order valence-electron chi connectivity index (χ4n) is 1.66. The van der Waals surface area contributed by atoms with Gasteiger partial charge in [-0.25, -0.2) is 0 Å². The van der Waals surface area contributed by atoms with Crippen molar-refractivity contribution >= 4 is 15.3 Å². The average Bonchev–Trinajstić information content (AvgIpc) is 2.42. The highest BCUT2D eigenvalue weighted by Gasteiger charge is 2.05. The lowest BCUT2D eigenvalue weighted by atomic mass is 10.2. The first-order valence-corrected chi connectivity index (χ1v) is 8.90. The predicted octanol–water partition coefficient (Wildman–Crippen LogP) is 3.03. The summed E-state index contributed by atoms with van der Waals surface area (Å²) in [5.41, 5.74) is 2.77. The fraction of sp³-hybridized carbons (Fsp3) is 0.267. The Hall–Kier alpha value is -2.01. The van der Waals surface area contributed by atoms with Crippen molar-refractivity contribution in [2.45, 2.75) is 26.6 Å². The molecule has 1 aromatic carbocycles. The van der Waals surface area contributed by atoms with Gasteiger partial charge in [0.1, 0.15) is 5.75 Å². The van der Waals surface area contributed by atoms with Gasteiger partial charge in [0.25, 0.3) is 9.04 Å². The number of hydrogen-bond acceptors (Lipinski definition) is 4. The normalized spacial score (nSPS) is 11.2. The summed E-state index contributed by atoms with van der Waals surface area (Å²) in [5, 5.41) is 0. The van der Waals surface area contributed by atoms with Crippen molar-refractivity contribution in [1.29, 1.82) is 0 Å². The minimum Gasteiger partial charge on any atom is -0.542 e. The van der Waals surface area contributed by atoms with E-state index >= 15 is 0 Å². The number of nitrogens with zero attached hydrogens (tertiary/aromatic N) is 3. The van der Waals surface area contributed by atoms with E-state index in [4.69, 9.17) is 4.43 Å². The maximum absolute atomic E-state index is 5.86. The van der Waals surface area contributed by atoms with Gasteiger partial charge in [-0.15, -0.1) is 0 Å². The molecule has 2 aromatic rings. The van der Waals surface area contributed by atoms with Crippen molar-refractivity contribution in [3.63, 3.8) is 0 Å². The SMILES string of the molecule is Cc1cnc(C=NCc2ccccc2O[Si](C)C)cn1. The molecule has 1 radical (unpaired) electrons. The molecule has 2 rings (SSSR count). The number of aliphatic imine (C=N–C) groups is 1. The number of aryl methyl sites for hydroxylation is 1. The first-order chi connectivity index (χ1) is 9.65. The van der Waals surface area contributed by atoms with Crippen LogP contribution in [0.25, 0.3) is 0 Å². The van der Waals surface area contributed by atoms with E-state index in [1.54, 1.807) is 18.6 Å². The minimum absolute atomic E-state index is 0.584. The average molecular weight is 284 g/mol. The Balaban J connectivity index is 2.05. The van der Waals surface area contributed by atoms with Crippen LogP contribution in [0.2, 0.25) is 13.1 Å². The minimum atomic E-state index is -0.764. The van der Waals surface area contributed by atoms with Crippen LogP contribution in [0.1, 0.15) is 17.0 Å². The van der Waals surface area contributed by atoms with Gasteiger partial charge in [0.2, 0.25) is 0 Å². The molecule has 0 saturated carbocycles. The van der Waals surface area contributed by atoms with E-state index < -0.39 is 9.04 Å². The summed E-state index contributed by atoms with van der Waals surface area (Å²) < 4.78 is 5.86. The Morgan fingerprint density at radius 2 is 2.00 bits per heavy atom. The molecule has 0 atom stereocenters. The van der Waals surface area contributed by atoms with Crippen LogP contribution in [0, 0.1) is 6.92 Å². The second-order valence-electron chi connectivity index (χ2n) is 4.67. The monoisotopic (exact) mass is 284 g/mol. The Morgan fingerprint density at radius 3 is 2.70 bits per heavy atom. The van der Waals surface area contributed by atoms with Crippen molar-refractivity contribution in [1.82, 2.24) is 9.97 Å². The molecule has 20 heavy (non-hydrogen) atoms. The van der Waals surface area contributed by atoms with Crippen molar-refractivity contribution in [2.24, 2.45) is 4.99 Å². The van der Waals surface area contributed by atoms with Gasteiger partial charge in [0, 0.05) is 18.0 Å². The van der Waals surface area contributed by atoms with E-state index in [0.717, 1.165) is 22.7 Å². The van der Waals surface area contributed by atoms with Gasteiger partial charge in [-0.3, -0.25) is 15.0 Å². The highest BCUT2D eigenvalue weighted by molar-refractivity contribution is 6.49. The smallest absolute Gasteiger partial charge is 0.274 e. The molecule has 103 valence electrons. The lowest BCUT2D eigenvalue weighted by Gasteiger charge is -2.11. The molecule has 0 aliphatic heterocycles.